The second kappa shape index (κ2) is 7.75. The molecule has 2 rings (SSSR count). The summed E-state index contributed by atoms with van der Waals surface area (Å²) in [5, 5.41) is 43.6. The third-order valence-electron chi connectivity index (χ3n) is 3.45. The number of carbonyl (C=O) groups excluding carboxylic acids is 1. The molecule has 0 aliphatic carbocycles. The minimum absolute atomic E-state index is 0.396. The number of phenols is 1. The van der Waals surface area contributed by atoms with E-state index in [1.54, 1.807) is 37.3 Å². The number of aromatic hydroxyl groups is 1. The third kappa shape index (κ3) is 4.43. The molecule has 0 spiro atoms. The molecule has 2 N–H and O–H groups in total. The number of non-ortho nitro benzene ring substituents is 1. The zero-order chi connectivity index (χ0) is 20.1. The van der Waals surface area contributed by atoms with Gasteiger partial charge in [0.15, 0.2) is 0 Å². The van der Waals surface area contributed by atoms with E-state index in [0.717, 1.165) is 17.7 Å². The minimum atomic E-state index is -1.00. The third-order valence-corrected chi connectivity index (χ3v) is 3.45. The first-order valence-corrected chi connectivity index (χ1v) is 7.38. The van der Waals surface area contributed by atoms with Gasteiger partial charge in [0.2, 0.25) is 5.75 Å². The van der Waals surface area contributed by atoms with Gasteiger partial charge in [0.1, 0.15) is 11.6 Å². The molecule has 10 nitrogen and oxygen atoms in total. The highest BCUT2D eigenvalue weighted by atomic mass is 16.6. The Hall–Kier alpha value is -4.26. The Morgan fingerprint density at radius 2 is 1.93 bits per heavy atom. The van der Waals surface area contributed by atoms with E-state index < -0.39 is 44.0 Å². The number of benzene rings is 2. The Morgan fingerprint density at radius 1 is 1.22 bits per heavy atom. The van der Waals surface area contributed by atoms with Gasteiger partial charge in [-0.15, -0.1) is 0 Å². The summed E-state index contributed by atoms with van der Waals surface area (Å²) < 4.78 is 0. The van der Waals surface area contributed by atoms with Crippen LogP contribution in [0.5, 0.6) is 5.75 Å². The Labute approximate surface area is 152 Å². The summed E-state index contributed by atoms with van der Waals surface area (Å²) in [4.78, 5) is 32.3. The Morgan fingerprint density at radius 3 is 2.48 bits per heavy atom. The molecule has 1 amide bonds. The summed E-state index contributed by atoms with van der Waals surface area (Å²) in [6.07, 6.45) is 0.848. The molecule has 0 atom stereocenters. The van der Waals surface area contributed by atoms with Crippen LogP contribution >= 0.6 is 0 Å². The van der Waals surface area contributed by atoms with E-state index in [-0.39, 0.29) is 0 Å². The highest BCUT2D eigenvalue weighted by Gasteiger charge is 2.24. The van der Waals surface area contributed by atoms with Gasteiger partial charge in [0.05, 0.1) is 15.9 Å². The molecule has 0 aliphatic rings. The van der Waals surface area contributed by atoms with E-state index >= 15 is 0 Å². The molecule has 0 aliphatic heterocycles. The second-order valence-corrected chi connectivity index (χ2v) is 5.41. The molecule has 0 bridgehead atoms. The van der Waals surface area contributed by atoms with Crippen LogP contribution in [0, 0.1) is 38.5 Å². The van der Waals surface area contributed by atoms with Crippen LogP contribution in [0.1, 0.15) is 11.1 Å². The van der Waals surface area contributed by atoms with Crippen LogP contribution < -0.4 is 5.32 Å². The minimum Gasteiger partial charge on any atom is -0.502 e. The normalized spacial score (nSPS) is 10.7. The van der Waals surface area contributed by atoms with Crippen molar-refractivity contribution in [3.8, 4) is 11.8 Å². The zero-order valence-corrected chi connectivity index (χ0v) is 13.9. The van der Waals surface area contributed by atoms with Crippen LogP contribution in [0.2, 0.25) is 0 Å². The lowest BCUT2D eigenvalue weighted by Crippen LogP contribution is -2.13. The molecule has 0 aromatic heterocycles. The molecule has 2 aromatic carbocycles. The number of nitrogens with zero attached hydrogens (tertiary/aromatic N) is 3. The molecule has 10 heteroatoms. The highest BCUT2D eigenvalue weighted by Crippen LogP contribution is 2.35. The summed E-state index contributed by atoms with van der Waals surface area (Å²) in [5.74, 6) is -1.72. The van der Waals surface area contributed by atoms with Gasteiger partial charge in [-0.3, -0.25) is 25.0 Å². The molecular weight excluding hydrogens is 356 g/mol. The number of nitriles is 1. The van der Waals surface area contributed by atoms with Gasteiger partial charge in [-0.1, -0.05) is 12.1 Å². The fourth-order valence-corrected chi connectivity index (χ4v) is 2.21. The highest BCUT2D eigenvalue weighted by molar-refractivity contribution is 6.10. The van der Waals surface area contributed by atoms with Gasteiger partial charge in [-0.05, 0) is 30.7 Å². The number of nitro groups is 2. The van der Waals surface area contributed by atoms with Crippen molar-refractivity contribution in [2.75, 3.05) is 5.32 Å². The van der Waals surface area contributed by atoms with Gasteiger partial charge >= 0.3 is 5.69 Å². The molecule has 0 radical (unpaired) electrons. The number of carbonyl (C=O) groups is 1. The SMILES string of the molecule is Cc1cccc(NC(=O)/C(C#N)=C\c2cc([N+](=O)[O-])cc([N+](=O)[O-])c2O)c1. The number of anilines is 1. The maximum absolute atomic E-state index is 12.3. The standard InChI is InChI=1S/C17H12N4O6/c1-10-3-2-4-13(5-10)19-17(23)12(9-18)6-11-7-14(20(24)25)8-15(16(11)22)21(26)27/h2-8,22H,1H3,(H,19,23)/b12-6-. The van der Waals surface area contributed by atoms with Crippen molar-refractivity contribution in [2.24, 2.45) is 0 Å². The van der Waals surface area contributed by atoms with Crippen LogP contribution in [0.3, 0.4) is 0 Å². The number of hydrogen-bond acceptors (Lipinski definition) is 7. The van der Waals surface area contributed by atoms with Crippen molar-refractivity contribution >= 4 is 29.0 Å². The zero-order valence-electron chi connectivity index (χ0n) is 13.9. The van der Waals surface area contributed by atoms with E-state index in [9.17, 15) is 35.4 Å². The van der Waals surface area contributed by atoms with Gasteiger partial charge in [-0.2, -0.15) is 5.26 Å². The first kappa shape index (κ1) is 19.1. The average Bonchev–Trinajstić information content (AvgIpc) is 2.60. The molecule has 0 heterocycles. The molecule has 0 unspecified atom stereocenters. The summed E-state index contributed by atoms with van der Waals surface area (Å²) in [6, 6.07) is 9.77. The molecular formula is C17H12N4O6. The number of aryl methyl sites for hydroxylation is 1. The van der Waals surface area contributed by atoms with E-state index in [1.807, 2.05) is 0 Å². The fraction of sp³-hybridized carbons (Fsp3) is 0.0588. The molecule has 136 valence electrons. The summed E-state index contributed by atoms with van der Waals surface area (Å²) in [6.45, 7) is 1.80. The van der Waals surface area contributed by atoms with Crippen LogP contribution in [-0.2, 0) is 4.79 Å². The first-order chi connectivity index (χ1) is 12.7. The van der Waals surface area contributed by atoms with E-state index in [2.05, 4.69) is 5.32 Å². The smallest absolute Gasteiger partial charge is 0.318 e. The summed E-state index contributed by atoms with van der Waals surface area (Å²) in [5.41, 5.74) is -1.19. The van der Waals surface area contributed by atoms with Crippen LogP contribution in [0.15, 0.2) is 42.0 Å². The molecule has 0 fully saturated rings. The van der Waals surface area contributed by atoms with Crippen molar-refractivity contribution in [1.82, 2.24) is 0 Å². The van der Waals surface area contributed by atoms with Gasteiger partial charge in [0, 0.05) is 17.3 Å². The van der Waals surface area contributed by atoms with Crippen molar-refractivity contribution in [3.05, 3.63) is 73.3 Å². The quantitative estimate of drug-likeness (QED) is 0.355. The van der Waals surface area contributed by atoms with Gasteiger partial charge in [-0.25, -0.2) is 0 Å². The predicted octanol–water partition coefficient (Wildman–Crippen LogP) is 3.06. The number of nitro benzene ring substituents is 2. The van der Waals surface area contributed by atoms with E-state index in [1.165, 1.54) is 0 Å². The maximum Gasteiger partial charge on any atom is 0.318 e. The predicted molar refractivity (Wildman–Crippen MR) is 94.8 cm³/mol. The lowest BCUT2D eigenvalue weighted by atomic mass is 10.1. The number of phenolic OH excluding ortho intramolecular Hbond substituents is 1. The summed E-state index contributed by atoms with van der Waals surface area (Å²) >= 11 is 0. The lowest BCUT2D eigenvalue weighted by Gasteiger charge is -2.06. The number of amides is 1. The van der Waals surface area contributed by atoms with E-state index in [0.29, 0.717) is 11.8 Å². The average molecular weight is 368 g/mol. The molecule has 0 saturated carbocycles. The van der Waals surface area contributed by atoms with E-state index in [4.69, 9.17) is 0 Å². The Kier molecular flexibility index (Phi) is 5.47. The Bertz CT molecular complexity index is 1020. The van der Waals surface area contributed by atoms with Crippen molar-refractivity contribution < 1.29 is 19.7 Å². The summed E-state index contributed by atoms with van der Waals surface area (Å²) in [7, 11) is 0. The number of rotatable bonds is 5. The van der Waals surface area contributed by atoms with Crippen molar-refractivity contribution in [3.63, 3.8) is 0 Å². The lowest BCUT2D eigenvalue weighted by molar-refractivity contribution is -0.394. The largest absolute Gasteiger partial charge is 0.502 e. The van der Waals surface area contributed by atoms with Crippen LogP contribution in [0.25, 0.3) is 6.08 Å². The molecule has 27 heavy (non-hydrogen) atoms. The monoisotopic (exact) mass is 368 g/mol. The molecule has 2 aromatic rings. The van der Waals surface area contributed by atoms with Crippen LogP contribution in [-0.4, -0.2) is 20.9 Å². The number of hydrogen-bond donors (Lipinski definition) is 2. The van der Waals surface area contributed by atoms with Crippen molar-refractivity contribution in [2.45, 2.75) is 6.92 Å². The second-order valence-electron chi connectivity index (χ2n) is 5.41. The topological polar surface area (TPSA) is 159 Å². The maximum atomic E-state index is 12.3. The van der Waals surface area contributed by atoms with Crippen molar-refractivity contribution in [1.29, 1.82) is 5.26 Å². The first-order valence-electron chi connectivity index (χ1n) is 7.38. The number of nitrogens with one attached hydrogen (secondary N) is 1. The van der Waals surface area contributed by atoms with Gasteiger partial charge < -0.3 is 10.4 Å². The van der Waals surface area contributed by atoms with Crippen LogP contribution in [0.4, 0.5) is 17.1 Å². The van der Waals surface area contributed by atoms with Gasteiger partial charge in [0.25, 0.3) is 11.6 Å². The fourth-order valence-electron chi connectivity index (χ4n) is 2.21. The Balaban J connectivity index is 2.47. The molecule has 0 saturated heterocycles.